The predicted molar refractivity (Wildman–Crippen MR) is 71.5 cm³/mol. The van der Waals surface area contributed by atoms with Crippen molar-refractivity contribution in [3.05, 3.63) is 48.4 Å². The van der Waals surface area contributed by atoms with E-state index < -0.39 is 0 Å². The predicted octanol–water partition coefficient (Wildman–Crippen LogP) is 3.52. The van der Waals surface area contributed by atoms with Crippen LogP contribution in [-0.4, -0.2) is 14.1 Å². The molecule has 0 saturated heterocycles. The molecule has 3 heteroatoms. The second-order valence-corrected chi connectivity index (χ2v) is 4.36. The van der Waals surface area contributed by atoms with E-state index in [1.807, 2.05) is 20.2 Å². The zero-order chi connectivity index (χ0) is 12.3. The molecule has 0 spiro atoms. The first-order valence-electron chi connectivity index (χ1n) is 5.73. The third-order valence-electron chi connectivity index (χ3n) is 2.81. The molecule has 0 saturated carbocycles. The van der Waals surface area contributed by atoms with Crippen LogP contribution in [0.25, 0.3) is 0 Å². The van der Waals surface area contributed by atoms with Gasteiger partial charge in [-0.3, -0.25) is 0 Å². The molecule has 0 radical (unpaired) electrons. The van der Waals surface area contributed by atoms with Crippen molar-refractivity contribution in [3.63, 3.8) is 0 Å². The highest BCUT2D eigenvalue weighted by atomic mass is 16.3. The molecule has 1 aromatic heterocycles. The molecule has 0 fully saturated rings. The van der Waals surface area contributed by atoms with Crippen molar-refractivity contribution < 1.29 is 4.42 Å². The van der Waals surface area contributed by atoms with Gasteiger partial charge in [0, 0.05) is 31.0 Å². The molecular formula is C14H18N2O. The van der Waals surface area contributed by atoms with Crippen molar-refractivity contribution in [2.45, 2.75) is 13.0 Å². The van der Waals surface area contributed by atoms with Crippen LogP contribution < -0.4 is 10.2 Å². The van der Waals surface area contributed by atoms with Gasteiger partial charge < -0.3 is 14.6 Å². The van der Waals surface area contributed by atoms with Crippen molar-refractivity contribution in [1.29, 1.82) is 0 Å². The van der Waals surface area contributed by atoms with Gasteiger partial charge in [-0.1, -0.05) is 0 Å². The van der Waals surface area contributed by atoms with Gasteiger partial charge in [-0.2, -0.15) is 0 Å². The lowest BCUT2D eigenvalue weighted by atomic mass is 10.1. The van der Waals surface area contributed by atoms with Gasteiger partial charge in [0.2, 0.25) is 0 Å². The van der Waals surface area contributed by atoms with Crippen molar-refractivity contribution in [1.82, 2.24) is 0 Å². The van der Waals surface area contributed by atoms with Gasteiger partial charge in [0.15, 0.2) is 0 Å². The number of rotatable bonds is 4. The fraction of sp³-hybridized carbons (Fsp3) is 0.286. The molecule has 1 atom stereocenters. The topological polar surface area (TPSA) is 28.4 Å². The number of furan rings is 1. The lowest BCUT2D eigenvalue weighted by molar-refractivity contribution is 0.562. The average Bonchev–Trinajstić information content (AvgIpc) is 2.83. The molecule has 17 heavy (non-hydrogen) atoms. The summed E-state index contributed by atoms with van der Waals surface area (Å²) in [5.74, 6) is 0. The maximum Gasteiger partial charge on any atom is 0.0955 e. The first-order valence-corrected chi connectivity index (χ1v) is 5.73. The first kappa shape index (κ1) is 11.6. The Bertz CT molecular complexity index is 446. The summed E-state index contributed by atoms with van der Waals surface area (Å²) in [5, 5.41) is 3.43. The average molecular weight is 230 g/mol. The molecule has 2 rings (SSSR count). The fourth-order valence-corrected chi connectivity index (χ4v) is 1.71. The van der Waals surface area contributed by atoms with Crippen LogP contribution in [0.3, 0.4) is 0 Å². The molecule has 0 aliphatic heterocycles. The van der Waals surface area contributed by atoms with Gasteiger partial charge in [0.05, 0.1) is 18.6 Å². The molecule has 1 unspecified atom stereocenters. The molecule has 3 nitrogen and oxygen atoms in total. The van der Waals surface area contributed by atoms with Crippen LogP contribution in [-0.2, 0) is 0 Å². The summed E-state index contributed by atoms with van der Waals surface area (Å²) in [4.78, 5) is 2.09. The Morgan fingerprint density at radius 2 is 1.82 bits per heavy atom. The van der Waals surface area contributed by atoms with Gasteiger partial charge in [0.25, 0.3) is 0 Å². The fourth-order valence-electron chi connectivity index (χ4n) is 1.71. The third kappa shape index (κ3) is 2.81. The number of nitrogens with one attached hydrogen (secondary N) is 1. The van der Waals surface area contributed by atoms with E-state index in [1.165, 1.54) is 5.69 Å². The highest BCUT2D eigenvalue weighted by molar-refractivity contribution is 5.55. The Labute approximate surface area is 102 Å². The lowest BCUT2D eigenvalue weighted by Crippen LogP contribution is -2.09. The lowest BCUT2D eigenvalue weighted by Gasteiger charge is -2.16. The number of anilines is 2. The minimum absolute atomic E-state index is 0.249. The van der Waals surface area contributed by atoms with Crippen molar-refractivity contribution in [2.75, 3.05) is 24.3 Å². The van der Waals surface area contributed by atoms with Crippen LogP contribution in [0, 0.1) is 0 Å². The maximum atomic E-state index is 5.08. The number of benzene rings is 1. The van der Waals surface area contributed by atoms with Crippen molar-refractivity contribution in [2.24, 2.45) is 0 Å². The molecule has 0 aliphatic rings. The zero-order valence-corrected chi connectivity index (χ0v) is 10.5. The molecule has 0 aliphatic carbocycles. The first-order chi connectivity index (χ1) is 8.16. The van der Waals surface area contributed by atoms with Gasteiger partial charge in [-0.05, 0) is 37.3 Å². The summed E-state index contributed by atoms with van der Waals surface area (Å²) in [7, 11) is 4.08. The summed E-state index contributed by atoms with van der Waals surface area (Å²) in [5.41, 5.74) is 3.47. The van der Waals surface area contributed by atoms with Crippen LogP contribution in [0.2, 0.25) is 0 Å². The monoisotopic (exact) mass is 230 g/mol. The number of hydrogen-bond acceptors (Lipinski definition) is 3. The molecule has 1 N–H and O–H groups in total. The SMILES string of the molecule is CC(Nc1ccc(N(C)C)cc1)c1ccoc1. The quantitative estimate of drug-likeness (QED) is 0.871. The van der Waals surface area contributed by atoms with Gasteiger partial charge >= 0.3 is 0 Å². The Hall–Kier alpha value is -1.90. The van der Waals surface area contributed by atoms with E-state index in [0.29, 0.717) is 0 Å². The van der Waals surface area contributed by atoms with Crippen LogP contribution >= 0.6 is 0 Å². The number of nitrogens with zero attached hydrogens (tertiary/aromatic N) is 1. The zero-order valence-electron chi connectivity index (χ0n) is 10.5. The molecule has 0 bridgehead atoms. The van der Waals surface area contributed by atoms with Gasteiger partial charge in [-0.25, -0.2) is 0 Å². The Morgan fingerprint density at radius 1 is 1.12 bits per heavy atom. The standard InChI is InChI=1S/C14H18N2O/c1-11(12-8-9-17-10-12)15-13-4-6-14(7-5-13)16(2)3/h4-11,15H,1-3H3. The van der Waals surface area contributed by atoms with E-state index in [-0.39, 0.29) is 6.04 Å². The van der Waals surface area contributed by atoms with Crippen LogP contribution in [0.4, 0.5) is 11.4 Å². The second kappa shape index (κ2) is 4.95. The Morgan fingerprint density at radius 3 is 2.35 bits per heavy atom. The summed E-state index contributed by atoms with van der Waals surface area (Å²) >= 11 is 0. The molecule has 1 aromatic carbocycles. The Kier molecular flexibility index (Phi) is 3.38. The maximum absolute atomic E-state index is 5.08. The van der Waals surface area contributed by atoms with E-state index in [1.54, 1.807) is 12.5 Å². The van der Waals surface area contributed by atoms with E-state index in [0.717, 1.165) is 11.3 Å². The van der Waals surface area contributed by atoms with Gasteiger partial charge in [-0.15, -0.1) is 0 Å². The van der Waals surface area contributed by atoms with E-state index in [2.05, 4.69) is 41.4 Å². The molecule has 0 amide bonds. The Balaban J connectivity index is 2.04. The molecule has 2 aromatic rings. The van der Waals surface area contributed by atoms with E-state index in [4.69, 9.17) is 4.42 Å². The van der Waals surface area contributed by atoms with Crippen molar-refractivity contribution in [3.8, 4) is 0 Å². The minimum Gasteiger partial charge on any atom is -0.472 e. The normalized spacial score (nSPS) is 12.2. The number of hydrogen-bond donors (Lipinski definition) is 1. The smallest absolute Gasteiger partial charge is 0.0955 e. The minimum atomic E-state index is 0.249. The summed E-state index contributed by atoms with van der Waals surface area (Å²) in [6, 6.07) is 10.6. The highest BCUT2D eigenvalue weighted by Gasteiger charge is 2.06. The highest BCUT2D eigenvalue weighted by Crippen LogP contribution is 2.21. The molecule has 1 heterocycles. The van der Waals surface area contributed by atoms with Crippen molar-refractivity contribution >= 4 is 11.4 Å². The van der Waals surface area contributed by atoms with Crippen LogP contribution in [0.5, 0.6) is 0 Å². The van der Waals surface area contributed by atoms with E-state index >= 15 is 0 Å². The van der Waals surface area contributed by atoms with E-state index in [9.17, 15) is 0 Å². The van der Waals surface area contributed by atoms with Crippen LogP contribution in [0.15, 0.2) is 47.3 Å². The summed E-state index contributed by atoms with van der Waals surface area (Å²) in [6.07, 6.45) is 3.47. The third-order valence-corrected chi connectivity index (χ3v) is 2.81. The summed E-state index contributed by atoms with van der Waals surface area (Å²) in [6.45, 7) is 2.12. The molecule has 90 valence electrons. The van der Waals surface area contributed by atoms with Gasteiger partial charge in [0.1, 0.15) is 0 Å². The summed E-state index contributed by atoms with van der Waals surface area (Å²) < 4.78 is 5.08. The molecular weight excluding hydrogens is 212 g/mol. The second-order valence-electron chi connectivity index (χ2n) is 4.36. The van der Waals surface area contributed by atoms with Crippen LogP contribution in [0.1, 0.15) is 18.5 Å². The largest absolute Gasteiger partial charge is 0.472 e.